The third-order valence-corrected chi connectivity index (χ3v) is 6.20. The van der Waals surface area contributed by atoms with E-state index in [-0.39, 0.29) is 24.9 Å². The van der Waals surface area contributed by atoms with Gasteiger partial charge in [0.2, 0.25) is 0 Å². The number of rotatable bonds is 10. The second-order valence-corrected chi connectivity index (χ2v) is 9.01. The van der Waals surface area contributed by atoms with Crippen LogP contribution in [0.15, 0.2) is 119 Å². The Morgan fingerprint density at radius 1 is 0.525 bits per heavy atom. The fraction of sp³-hybridized carbons (Fsp3) is 0.0625. The molecule has 0 bridgehead atoms. The molecule has 5 aromatic rings. The predicted octanol–water partition coefficient (Wildman–Crippen LogP) is 5.12. The van der Waals surface area contributed by atoms with Gasteiger partial charge >= 0.3 is 0 Å². The van der Waals surface area contributed by atoms with Crippen LogP contribution >= 0.6 is 0 Å². The summed E-state index contributed by atoms with van der Waals surface area (Å²) >= 11 is 0. The zero-order valence-corrected chi connectivity index (χ0v) is 21.7. The van der Waals surface area contributed by atoms with Crippen molar-refractivity contribution in [1.82, 2.24) is 10.9 Å². The molecule has 0 unspecified atom stereocenters. The van der Waals surface area contributed by atoms with E-state index in [1.54, 1.807) is 12.4 Å². The van der Waals surface area contributed by atoms with Gasteiger partial charge in [-0.2, -0.15) is 10.2 Å². The highest BCUT2D eigenvalue weighted by atomic mass is 16.2. The van der Waals surface area contributed by atoms with E-state index >= 15 is 0 Å². The summed E-state index contributed by atoms with van der Waals surface area (Å²) in [5.74, 6) is -0.503. The molecular formula is C32H28N6O2. The predicted molar refractivity (Wildman–Crippen MR) is 163 cm³/mol. The fourth-order valence-corrected chi connectivity index (χ4v) is 4.21. The molecule has 198 valence electrons. The van der Waals surface area contributed by atoms with Crippen molar-refractivity contribution in [3.8, 4) is 0 Å². The van der Waals surface area contributed by atoms with Gasteiger partial charge < -0.3 is 10.6 Å². The second kappa shape index (κ2) is 12.8. The van der Waals surface area contributed by atoms with Gasteiger partial charge in [0.1, 0.15) is 0 Å². The van der Waals surface area contributed by atoms with E-state index in [0.29, 0.717) is 0 Å². The SMILES string of the molecule is O=C(CNc1cccc2ccccc12)N/N=C/c1ccc(/C=N/NC(=O)CNc2cccc3ccccc23)cc1. The Kier molecular flexibility index (Phi) is 8.38. The van der Waals surface area contributed by atoms with Crippen molar-refractivity contribution in [1.29, 1.82) is 0 Å². The van der Waals surface area contributed by atoms with Crippen LogP contribution in [0.1, 0.15) is 11.1 Å². The van der Waals surface area contributed by atoms with Crippen molar-refractivity contribution in [2.75, 3.05) is 23.7 Å². The third-order valence-electron chi connectivity index (χ3n) is 6.20. The number of amides is 2. The number of carbonyl (C=O) groups is 2. The normalized spacial score (nSPS) is 11.2. The molecule has 40 heavy (non-hydrogen) atoms. The smallest absolute Gasteiger partial charge is 0.259 e. The summed E-state index contributed by atoms with van der Waals surface area (Å²) in [5.41, 5.74) is 8.47. The Morgan fingerprint density at radius 2 is 0.925 bits per heavy atom. The molecule has 0 spiro atoms. The number of hydrogen-bond donors (Lipinski definition) is 4. The van der Waals surface area contributed by atoms with Gasteiger partial charge in [0, 0.05) is 22.1 Å². The lowest BCUT2D eigenvalue weighted by molar-refractivity contribution is -0.120. The number of hydrogen-bond acceptors (Lipinski definition) is 6. The summed E-state index contributed by atoms with van der Waals surface area (Å²) in [6.07, 6.45) is 3.13. The fourth-order valence-electron chi connectivity index (χ4n) is 4.21. The topological polar surface area (TPSA) is 107 Å². The van der Waals surface area contributed by atoms with Gasteiger partial charge in [-0.1, -0.05) is 97.1 Å². The first kappa shape index (κ1) is 26.1. The number of nitrogens with one attached hydrogen (secondary N) is 4. The van der Waals surface area contributed by atoms with Gasteiger partial charge in [-0.15, -0.1) is 0 Å². The van der Waals surface area contributed by atoms with Gasteiger partial charge in [0.05, 0.1) is 25.5 Å². The van der Waals surface area contributed by atoms with Gasteiger partial charge in [-0.05, 0) is 34.0 Å². The number of fused-ring (bicyclic) bond motifs is 2. The Labute approximate surface area is 231 Å². The molecule has 5 aromatic carbocycles. The largest absolute Gasteiger partial charge is 0.376 e. The summed E-state index contributed by atoms with van der Waals surface area (Å²) in [6.45, 7) is 0.202. The van der Waals surface area contributed by atoms with Crippen LogP contribution < -0.4 is 21.5 Å². The van der Waals surface area contributed by atoms with Crippen molar-refractivity contribution in [3.05, 3.63) is 120 Å². The molecule has 5 rings (SSSR count). The molecule has 8 heteroatoms. The molecule has 0 atom stereocenters. The molecular weight excluding hydrogens is 500 g/mol. The molecule has 0 saturated heterocycles. The first-order chi connectivity index (χ1) is 19.7. The van der Waals surface area contributed by atoms with E-state index in [1.165, 1.54) is 0 Å². The Hall–Kier alpha value is -5.50. The van der Waals surface area contributed by atoms with Crippen LogP contribution in [0.3, 0.4) is 0 Å². The third kappa shape index (κ3) is 6.87. The lowest BCUT2D eigenvalue weighted by Gasteiger charge is -2.08. The minimum Gasteiger partial charge on any atom is -0.376 e. The van der Waals surface area contributed by atoms with Gasteiger partial charge in [0.25, 0.3) is 11.8 Å². The Morgan fingerprint density at radius 3 is 1.38 bits per heavy atom. The zero-order valence-electron chi connectivity index (χ0n) is 21.7. The van der Waals surface area contributed by atoms with E-state index in [2.05, 4.69) is 31.7 Å². The second-order valence-electron chi connectivity index (χ2n) is 9.01. The molecule has 4 N–H and O–H groups in total. The van der Waals surface area contributed by atoms with E-state index in [4.69, 9.17) is 0 Å². The number of anilines is 2. The molecule has 0 heterocycles. The minimum absolute atomic E-state index is 0.101. The summed E-state index contributed by atoms with van der Waals surface area (Å²) < 4.78 is 0. The lowest BCUT2D eigenvalue weighted by Crippen LogP contribution is -2.26. The molecule has 0 radical (unpaired) electrons. The molecule has 0 aliphatic heterocycles. The van der Waals surface area contributed by atoms with Crippen LogP contribution in [0.4, 0.5) is 11.4 Å². The van der Waals surface area contributed by atoms with E-state index in [0.717, 1.165) is 44.0 Å². The molecule has 8 nitrogen and oxygen atoms in total. The molecule has 0 aliphatic rings. The molecule has 0 saturated carbocycles. The summed E-state index contributed by atoms with van der Waals surface area (Å²) in [4.78, 5) is 24.4. The Bertz CT molecular complexity index is 1560. The van der Waals surface area contributed by atoms with Crippen LogP contribution in [-0.2, 0) is 9.59 Å². The molecule has 0 aromatic heterocycles. The quantitative estimate of drug-likeness (QED) is 0.149. The summed E-state index contributed by atoms with van der Waals surface area (Å²) in [6, 6.07) is 35.2. The molecule has 0 aliphatic carbocycles. The Balaban J connectivity index is 1.05. The molecule has 2 amide bonds. The summed E-state index contributed by atoms with van der Waals surface area (Å²) in [5, 5.41) is 18.7. The maximum Gasteiger partial charge on any atom is 0.259 e. The van der Waals surface area contributed by atoms with Crippen molar-refractivity contribution in [2.24, 2.45) is 10.2 Å². The zero-order chi connectivity index (χ0) is 27.6. The van der Waals surface area contributed by atoms with Gasteiger partial charge in [-0.25, -0.2) is 10.9 Å². The minimum atomic E-state index is -0.251. The van der Waals surface area contributed by atoms with Crippen LogP contribution in [0.25, 0.3) is 21.5 Å². The van der Waals surface area contributed by atoms with Crippen LogP contribution in [0.5, 0.6) is 0 Å². The van der Waals surface area contributed by atoms with Crippen molar-refractivity contribution in [2.45, 2.75) is 0 Å². The van der Waals surface area contributed by atoms with E-state index in [1.807, 2.05) is 109 Å². The highest BCUT2D eigenvalue weighted by Gasteiger charge is 2.04. The monoisotopic (exact) mass is 528 g/mol. The number of hydrazone groups is 2. The highest BCUT2D eigenvalue weighted by Crippen LogP contribution is 2.23. The average molecular weight is 529 g/mol. The molecule has 0 fully saturated rings. The summed E-state index contributed by atoms with van der Waals surface area (Å²) in [7, 11) is 0. The van der Waals surface area contributed by atoms with Crippen molar-refractivity contribution >= 4 is 57.2 Å². The average Bonchev–Trinajstić information content (AvgIpc) is 2.99. The lowest BCUT2D eigenvalue weighted by atomic mass is 10.1. The van der Waals surface area contributed by atoms with Crippen LogP contribution in [0.2, 0.25) is 0 Å². The van der Waals surface area contributed by atoms with Crippen molar-refractivity contribution in [3.63, 3.8) is 0 Å². The maximum absolute atomic E-state index is 12.2. The number of carbonyl (C=O) groups excluding carboxylic acids is 2. The standard InChI is InChI=1S/C32H28N6O2/c39-31(21-33-29-13-5-9-25-7-1-3-11-27(25)29)37-35-19-23-15-17-24(18-16-23)20-36-38-32(40)22-34-30-14-6-10-26-8-2-4-12-28(26)30/h1-20,33-34H,21-22H2,(H,37,39)(H,38,40)/b35-19+,36-20+. The van der Waals surface area contributed by atoms with Crippen molar-refractivity contribution < 1.29 is 9.59 Å². The first-order valence-electron chi connectivity index (χ1n) is 12.8. The number of nitrogens with zero attached hydrogens (tertiary/aromatic N) is 2. The van der Waals surface area contributed by atoms with E-state index in [9.17, 15) is 9.59 Å². The highest BCUT2D eigenvalue weighted by molar-refractivity contribution is 5.96. The van der Waals surface area contributed by atoms with E-state index < -0.39 is 0 Å². The van der Waals surface area contributed by atoms with Gasteiger partial charge in [0.15, 0.2) is 0 Å². The first-order valence-corrected chi connectivity index (χ1v) is 12.8. The number of benzene rings is 5. The van der Waals surface area contributed by atoms with Crippen LogP contribution in [-0.4, -0.2) is 37.3 Å². The van der Waals surface area contributed by atoms with Crippen LogP contribution in [0, 0.1) is 0 Å². The maximum atomic E-state index is 12.2. The van der Waals surface area contributed by atoms with Gasteiger partial charge in [-0.3, -0.25) is 9.59 Å².